The van der Waals surface area contributed by atoms with Gasteiger partial charge in [0.2, 0.25) is 16.9 Å². The highest BCUT2D eigenvalue weighted by atomic mass is 32.2. The van der Waals surface area contributed by atoms with Gasteiger partial charge in [0.1, 0.15) is 0 Å². The second kappa shape index (κ2) is 4.98. The Kier molecular flexibility index (Phi) is 3.00. The van der Waals surface area contributed by atoms with Crippen LogP contribution < -0.4 is 0 Å². The van der Waals surface area contributed by atoms with Crippen LogP contribution in [0, 0.1) is 0 Å². The van der Waals surface area contributed by atoms with E-state index in [0.717, 1.165) is 23.6 Å². The molecule has 3 heterocycles. The van der Waals surface area contributed by atoms with Crippen molar-refractivity contribution < 1.29 is 4.52 Å². The molecule has 0 bridgehead atoms. The smallest absolute Gasteiger partial charge is 0.237 e. The van der Waals surface area contributed by atoms with Crippen LogP contribution in [-0.4, -0.2) is 30.3 Å². The maximum atomic E-state index is 5.25. The molecule has 3 aromatic heterocycles. The summed E-state index contributed by atoms with van der Waals surface area (Å²) >= 11 is 3.13. The molecular weight excluding hydrogens is 296 g/mol. The van der Waals surface area contributed by atoms with Crippen molar-refractivity contribution >= 4 is 23.1 Å². The topological polar surface area (TPSA) is 82.5 Å². The molecule has 0 spiro atoms. The number of tetrazole rings is 1. The summed E-state index contributed by atoms with van der Waals surface area (Å²) in [5.74, 6) is 1.79. The van der Waals surface area contributed by atoms with Crippen molar-refractivity contribution in [3.63, 3.8) is 0 Å². The van der Waals surface area contributed by atoms with E-state index in [1.54, 1.807) is 11.3 Å². The molecule has 7 nitrogen and oxygen atoms in total. The fourth-order valence-electron chi connectivity index (χ4n) is 1.78. The number of aromatic nitrogens is 6. The predicted octanol–water partition coefficient (Wildman–Crippen LogP) is 2.41. The number of nitrogens with zero attached hydrogens (tertiary/aromatic N) is 6. The quantitative estimate of drug-likeness (QED) is 0.669. The van der Waals surface area contributed by atoms with Crippen molar-refractivity contribution in [2.45, 2.75) is 29.8 Å². The van der Waals surface area contributed by atoms with Gasteiger partial charge in [0.15, 0.2) is 0 Å². The highest BCUT2D eigenvalue weighted by Crippen LogP contribution is 2.36. The molecule has 0 unspecified atom stereocenters. The molecule has 0 amide bonds. The van der Waals surface area contributed by atoms with Crippen LogP contribution in [0.5, 0.6) is 0 Å². The molecule has 1 aliphatic carbocycles. The number of thioether (sulfide) groups is 1. The Balaban J connectivity index is 1.45. The summed E-state index contributed by atoms with van der Waals surface area (Å²) in [5.41, 5.74) is 0.984. The number of hydrogen-bond acceptors (Lipinski definition) is 8. The second-order valence-corrected chi connectivity index (χ2v) is 6.17. The van der Waals surface area contributed by atoms with Crippen molar-refractivity contribution in [2.75, 3.05) is 0 Å². The van der Waals surface area contributed by atoms with Gasteiger partial charge in [-0.3, -0.25) is 0 Å². The van der Waals surface area contributed by atoms with E-state index in [1.165, 1.54) is 11.8 Å². The summed E-state index contributed by atoms with van der Waals surface area (Å²) < 4.78 is 7.12. The third-order valence-electron chi connectivity index (χ3n) is 2.93. The SMILES string of the molecule is c1cc(-c2noc(CSc3nnnn3C3CC3)n2)cs1. The number of thiophene rings is 1. The maximum absolute atomic E-state index is 5.25. The lowest BCUT2D eigenvalue weighted by atomic mass is 10.3. The zero-order valence-electron chi connectivity index (χ0n) is 10.3. The monoisotopic (exact) mass is 306 g/mol. The molecule has 1 aliphatic rings. The largest absolute Gasteiger partial charge is 0.338 e. The summed E-state index contributed by atoms with van der Waals surface area (Å²) in [6.45, 7) is 0. The van der Waals surface area contributed by atoms with Gasteiger partial charge in [0.25, 0.3) is 0 Å². The van der Waals surface area contributed by atoms with Gasteiger partial charge >= 0.3 is 0 Å². The van der Waals surface area contributed by atoms with Crippen LogP contribution in [0.3, 0.4) is 0 Å². The van der Waals surface area contributed by atoms with Gasteiger partial charge in [-0.05, 0) is 34.7 Å². The molecule has 0 atom stereocenters. The van der Waals surface area contributed by atoms with Crippen molar-refractivity contribution in [3.05, 3.63) is 22.7 Å². The molecule has 4 rings (SSSR count). The summed E-state index contributed by atoms with van der Waals surface area (Å²) in [7, 11) is 0. The molecule has 102 valence electrons. The van der Waals surface area contributed by atoms with Gasteiger partial charge in [-0.1, -0.05) is 16.9 Å². The van der Waals surface area contributed by atoms with E-state index in [9.17, 15) is 0 Å². The minimum Gasteiger partial charge on any atom is -0.338 e. The normalized spacial score (nSPS) is 14.8. The minimum atomic E-state index is 0.469. The van der Waals surface area contributed by atoms with E-state index in [2.05, 4.69) is 25.7 Å². The van der Waals surface area contributed by atoms with Gasteiger partial charge < -0.3 is 4.52 Å². The molecular formula is C11H10N6OS2. The van der Waals surface area contributed by atoms with Crippen LogP contribution in [0.4, 0.5) is 0 Å². The van der Waals surface area contributed by atoms with Crippen molar-refractivity contribution in [2.24, 2.45) is 0 Å². The van der Waals surface area contributed by atoms with Crippen LogP contribution in [0.15, 0.2) is 26.5 Å². The molecule has 9 heteroatoms. The number of rotatable bonds is 5. The van der Waals surface area contributed by atoms with E-state index in [1.807, 2.05) is 21.5 Å². The first-order valence-electron chi connectivity index (χ1n) is 6.16. The standard InChI is InChI=1S/C11H10N6OS2/c1-2-8(1)17-11(13-15-16-17)20-6-9-12-10(14-18-9)7-3-4-19-5-7/h3-5,8H,1-2,6H2. The molecule has 3 aromatic rings. The lowest BCUT2D eigenvalue weighted by Gasteiger charge is -1.98. The fraction of sp³-hybridized carbons (Fsp3) is 0.364. The average molecular weight is 306 g/mol. The molecule has 0 aliphatic heterocycles. The highest BCUT2D eigenvalue weighted by Gasteiger charge is 2.28. The molecule has 0 N–H and O–H groups in total. The van der Waals surface area contributed by atoms with Crippen LogP contribution in [0.1, 0.15) is 24.8 Å². The lowest BCUT2D eigenvalue weighted by molar-refractivity contribution is 0.391. The predicted molar refractivity (Wildman–Crippen MR) is 73.3 cm³/mol. The molecule has 0 aromatic carbocycles. The Bertz CT molecular complexity index is 702. The van der Waals surface area contributed by atoms with Crippen LogP contribution in [0.25, 0.3) is 11.4 Å². The van der Waals surface area contributed by atoms with E-state index in [4.69, 9.17) is 4.52 Å². The van der Waals surface area contributed by atoms with E-state index in [0.29, 0.717) is 23.5 Å². The van der Waals surface area contributed by atoms with E-state index >= 15 is 0 Å². The van der Waals surface area contributed by atoms with E-state index < -0.39 is 0 Å². The van der Waals surface area contributed by atoms with Gasteiger partial charge in [-0.25, -0.2) is 4.68 Å². The van der Waals surface area contributed by atoms with Gasteiger partial charge in [-0.2, -0.15) is 16.3 Å². The van der Waals surface area contributed by atoms with Crippen LogP contribution in [-0.2, 0) is 5.75 Å². The molecule has 20 heavy (non-hydrogen) atoms. The molecule has 1 fully saturated rings. The second-order valence-electron chi connectivity index (χ2n) is 4.45. The number of hydrogen-bond donors (Lipinski definition) is 0. The third kappa shape index (κ3) is 2.34. The van der Waals surface area contributed by atoms with Crippen LogP contribution in [0.2, 0.25) is 0 Å². The Labute approximate surface area is 122 Å². The van der Waals surface area contributed by atoms with Crippen molar-refractivity contribution in [1.82, 2.24) is 30.3 Å². The van der Waals surface area contributed by atoms with Gasteiger partial charge in [-0.15, -0.1) is 5.10 Å². The first kappa shape index (κ1) is 12.0. The summed E-state index contributed by atoms with van der Waals surface area (Å²) in [5, 5.41) is 20.5. The molecule has 1 saturated carbocycles. The third-order valence-corrected chi connectivity index (χ3v) is 4.53. The Morgan fingerprint density at radius 3 is 3.20 bits per heavy atom. The Hall–Kier alpha value is -1.74. The highest BCUT2D eigenvalue weighted by molar-refractivity contribution is 7.98. The van der Waals surface area contributed by atoms with Crippen LogP contribution >= 0.6 is 23.1 Å². The first-order chi connectivity index (χ1) is 9.90. The maximum Gasteiger partial charge on any atom is 0.237 e. The first-order valence-corrected chi connectivity index (χ1v) is 8.09. The van der Waals surface area contributed by atoms with Gasteiger partial charge in [0, 0.05) is 10.9 Å². The zero-order chi connectivity index (χ0) is 13.4. The fourth-order valence-corrected chi connectivity index (χ4v) is 3.19. The van der Waals surface area contributed by atoms with E-state index in [-0.39, 0.29) is 0 Å². The average Bonchev–Trinajstić information content (AvgIpc) is 2.93. The summed E-state index contributed by atoms with van der Waals surface area (Å²) in [4.78, 5) is 4.37. The van der Waals surface area contributed by atoms with Crippen molar-refractivity contribution in [3.8, 4) is 11.4 Å². The summed E-state index contributed by atoms with van der Waals surface area (Å²) in [6, 6.07) is 2.44. The molecule has 0 saturated heterocycles. The van der Waals surface area contributed by atoms with Crippen molar-refractivity contribution in [1.29, 1.82) is 0 Å². The lowest BCUT2D eigenvalue weighted by Crippen LogP contribution is -1.98. The van der Waals surface area contributed by atoms with Gasteiger partial charge in [0.05, 0.1) is 11.8 Å². The summed E-state index contributed by atoms with van der Waals surface area (Å²) in [6.07, 6.45) is 2.31. The zero-order valence-corrected chi connectivity index (χ0v) is 12.0. The minimum absolute atomic E-state index is 0.469. The Morgan fingerprint density at radius 2 is 2.40 bits per heavy atom. The molecule has 0 radical (unpaired) electrons. The Morgan fingerprint density at radius 1 is 1.45 bits per heavy atom.